The third kappa shape index (κ3) is 3.43. The van der Waals surface area contributed by atoms with Crippen molar-refractivity contribution in [2.75, 3.05) is 13.1 Å². The van der Waals surface area contributed by atoms with E-state index in [1.54, 1.807) is 0 Å². The molecule has 1 aliphatic heterocycles. The second-order valence-corrected chi connectivity index (χ2v) is 6.91. The van der Waals surface area contributed by atoms with Gasteiger partial charge in [0.15, 0.2) is 0 Å². The fourth-order valence-corrected chi connectivity index (χ4v) is 3.89. The second kappa shape index (κ2) is 5.54. The summed E-state index contributed by atoms with van der Waals surface area (Å²) in [6.07, 6.45) is 5.90. The zero-order valence-electron chi connectivity index (χ0n) is 10.6. The van der Waals surface area contributed by atoms with Crippen LogP contribution < -0.4 is 10.5 Å². The van der Waals surface area contributed by atoms with E-state index in [2.05, 4.69) is 4.72 Å². The average molecular weight is 274 g/mol. The normalized spacial score (nSPS) is 24.4. The fourth-order valence-electron chi connectivity index (χ4n) is 2.36. The van der Waals surface area contributed by atoms with Crippen molar-refractivity contribution in [3.8, 4) is 0 Å². The lowest BCUT2D eigenvalue weighted by atomic mass is 10.2. The highest BCUT2D eigenvalue weighted by molar-refractivity contribution is 7.87. The van der Waals surface area contributed by atoms with Crippen LogP contribution >= 0.6 is 0 Å². The summed E-state index contributed by atoms with van der Waals surface area (Å²) < 4.78 is 28.6. The Hall–Kier alpha value is -0.660. The molecule has 6 nitrogen and oxygen atoms in total. The number of nitrogens with two attached hydrogens (primary N) is 1. The van der Waals surface area contributed by atoms with Gasteiger partial charge in [0, 0.05) is 13.1 Å². The topological polar surface area (TPSA) is 99.3 Å². The molecular formula is C11H22N4O2S. The maximum atomic E-state index is 12.2. The third-order valence-electron chi connectivity index (χ3n) is 3.61. The van der Waals surface area contributed by atoms with Crippen LogP contribution in [0.4, 0.5) is 0 Å². The highest BCUT2D eigenvalue weighted by atomic mass is 32.2. The van der Waals surface area contributed by atoms with Gasteiger partial charge in [-0.05, 0) is 31.6 Å². The minimum atomic E-state index is -3.49. The molecule has 0 aromatic carbocycles. The van der Waals surface area contributed by atoms with Gasteiger partial charge in [0.1, 0.15) is 5.84 Å². The van der Waals surface area contributed by atoms with E-state index in [1.807, 2.05) is 0 Å². The van der Waals surface area contributed by atoms with Gasteiger partial charge in [-0.2, -0.15) is 17.4 Å². The van der Waals surface area contributed by atoms with Crippen LogP contribution in [0, 0.1) is 11.3 Å². The zero-order chi connectivity index (χ0) is 13.2. The predicted octanol–water partition coefficient (Wildman–Crippen LogP) is 0.411. The molecule has 7 heteroatoms. The van der Waals surface area contributed by atoms with Crippen LogP contribution in [-0.2, 0) is 10.2 Å². The van der Waals surface area contributed by atoms with Crippen molar-refractivity contribution in [1.82, 2.24) is 9.03 Å². The lowest BCUT2D eigenvalue weighted by Gasteiger charge is -2.24. The maximum absolute atomic E-state index is 12.2. The second-order valence-electron chi connectivity index (χ2n) is 5.21. The Labute approximate surface area is 109 Å². The Morgan fingerprint density at radius 1 is 1.22 bits per heavy atom. The Morgan fingerprint density at radius 3 is 2.22 bits per heavy atom. The Bertz CT molecular complexity index is 397. The maximum Gasteiger partial charge on any atom is 0.280 e. The highest BCUT2D eigenvalue weighted by Crippen LogP contribution is 2.33. The number of amidine groups is 1. The molecule has 0 radical (unpaired) electrons. The number of hydrogen-bond acceptors (Lipinski definition) is 3. The van der Waals surface area contributed by atoms with Crippen LogP contribution in [0.1, 0.15) is 38.5 Å². The summed E-state index contributed by atoms with van der Waals surface area (Å²) in [4.78, 5) is 0. The molecule has 0 aromatic heterocycles. The Balaban J connectivity index is 2.02. The summed E-state index contributed by atoms with van der Waals surface area (Å²) in [7, 11) is -3.49. The van der Waals surface area contributed by atoms with Crippen LogP contribution in [-0.4, -0.2) is 37.7 Å². The van der Waals surface area contributed by atoms with Crippen molar-refractivity contribution in [2.45, 2.75) is 44.6 Å². The van der Waals surface area contributed by atoms with E-state index in [1.165, 1.54) is 4.31 Å². The standard InChI is InChI=1S/C11H22N4O2S/c12-11(13)10(9-5-6-9)14-18(16,17)15-7-3-1-2-4-8-15/h9-10,14H,1-8H2,(H3,12,13). The smallest absolute Gasteiger partial charge is 0.280 e. The van der Waals surface area contributed by atoms with Gasteiger partial charge >= 0.3 is 0 Å². The molecule has 1 aliphatic carbocycles. The monoisotopic (exact) mass is 274 g/mol. The van der Waals surface area contributed by atoms with E-state index >= 15 is 0 Å². The van der Waals surface area contributed by atoms with Crippen molar-refractivity contribution >= 4 is 16.0 Å². The quantitative estimate of drug-likeness (QED) is 0.500. The van der Waals surface area contributed by atoms with Gasteiger partial charge in [0.25, 0.3) is 10.2 Å². The van der Waals surface area contributed by atoms with Crippen molar-refractivity contribution in [3.05, 3.63) is 0 Å². The first-order valence-corrected chi connectivity index (χ1v) is 8.06. The van der Waals surface area contributed by atoms with E-state index in [0.29, 0.717) is 13.1 Å². The molecule has 1 saturated carbocycles. The van der Waals surface area contributed by atoms with Gasteiger partial charge in [0.2, 0.25) is 0 Å². The van der Waals surface area contributed by atoms with Gasteiger partial charge in [0.05, 0.1) is 6.04 Å². The molecule has 0 amide bonds. The van der Waals surface area contributed by atoms with Crippen LogP contribution in [0.15, 0.2) is 0 Å². The largest absolute Gasteiger partial charge is 0.386 e. The summed E-state index contributed by atoms with van der Waals surface area (Å²) in [5.74, 6) is 0.139. The molecule has 2 rings (SSSR count). The van der Waals surface area contributed by atoms with Gasteiger partial charge in [-0.15, -0.1) is 0 Å². The Morgan fingerprint density at radius 2 is 1.78 bits per heavy atom. The molecule has 1 atom stereocenters. The van der Waals surface area contributed by atoms with Gasteiger partial charge < -0.3 is 5.73 Å². The van der Waals surface area contributed by atoms with E-state index < -0.39 is 16.3 Å². The summed E-state index contributed by atoms with van der Waals surface area (Å²) in [5, 5.41) is 7.49. The molecular weight excluding hydrogens is 252 g/mol. The number of nitrogens with zero attached hydrogens (tertiary/aromatic N) is 1. The summed E-state index contributed by atoms with van der Waals surface area (Å²) in [6.45, 7) is 1.15. The molecule has 4 N–H and O–H groups in total. The third-order valence-corrected chi connectivity index (χ3v) is 5.21. The van der Waals surface area contributed by atoms with Crippen molar-refractivity contribution in [3.63, 3.8) is 0 Å². The molecule has 1 unspecified atom stereocenters. The first-order chi connectivity index (χ1) is 8.50. The van der Waals surface area contributed by atoms with E-state index in [9.17, 15) is 8.42 Å². The lowest BCUT2D eigenvalue weighted by molar-refractivity contribution is 0.410. The first kappa shape index (κ1) is 13.8. The van der Waals surface area contributed by atoms with Crippen molar-refractivity contribution in [2.24, 2.45) is 11.7 Å². The van der Waals surface area contributed by atoms with Gasteiger partial charge in [-0.25, -0.2) is 0 Å². The van der Waals surface area contributed by atoms with Crippen molar-refractivity contribution < 1.29 is 8.42 Å². The number of rotatable bonds is 5. The molecule has 2 aliphatic rings. The zero-order valence-corrected chi connectivity index (χ0v) is 11.4. The molecule has 1 heterocycles. The molecule has 0 bridgehead atoms. The minimum Gasteiger partial charge on any atom is -0.386 e. The molecule has 1 saturated heterocycles. The van der Waals surface area contributed by atoms with E-state index in [4.69, 9.17) is 11.1 Å². The van der Waals surface area contributed by atoms with E-state index in [-0.39, 0.29) is 11.8 Å². The number of nitrogens with one attached hydrogen (secondary N) is 2. The Kier molecular flexibility index (Phi) is 4.24. The van der Waals surface area contributed by atoms with Crippen LogP contribution in [0.3, 0.4) is 0 Å². The number of hydrogen-bond donors (Lipinski definition) is 3. The molecule has 18 heavy (non-hydrogen) atoms. The first-order valence-electron chi connectivity index (χ1n) is 6.62. The molecule has 104 valence electrons. The fraction of sp³-hybridized carbons (Fsp3) is 0.909. The summed E-state index contributed by atoms with van der Waals surface area (Å²) in [6, 6.07) is -0.516. The molecule has 0 spiro atoms. The van der Waals surface area contributed by atoms with Crippen molar-refractivity contribution in [1.29, 1.82) is 5.41 Å². The highest BCUT2D eigenvalue weighted by Gasteiger charge is 2.37. The SMILES string of the molecule is N=C(N)C(NS(=O)(=O)N1CCCCCC1)C1CC1. The molecule has 0 aromatic rings. The van der Waals surface area contributed by atoms with Gasteiger partial charge in [-0.3, -0.25) is 5.41 Å². The van der Waals surface area contributed by atoms with E-state index in [0.717, 1.165) is 38.5 Å². The minimum absolute atomic E-state index is 0.0732. The lowest BCUT2D eigenvalue weighted by Crippen LogP contribution is -2.51. The summed E-state index contributed by atoms with van der Waals surface area (Å²) in [5.41, 5.74) is 5.48. The molecule has 2 fully saturated rings. The van der Waals surface area contributed by atoms with Crippen LogP contribution in [0.5, 0.6) is 0 Å². The average Bonchev–Trinajstić information content (AvgIpc) is 3.12. The predicted molar refractivity (Wildman–Crippen MR) is 70.5 cm³/mol. The van der Waals surface area contributed by atoms with Crippen LogP contribution in [0.25, 0.3) is 0 Å². The van der Waals surface area contributed by atoms with Crippen LogP contribution in [0.2, 0.25) is 0 Å². The van der Waals surface area contributed by atoms with Gasteiger partial charge in [-0.1, -0.05) is 12.8 Å². The summed E-state index contributed by atoms with van der Waals surface area (Å²) >= 11 is 0.